The fourth-order valence-corrected chi connectivity index (χ4v) is 2.82. The highest BCUT2D eigenvalue weighted by Crippen LogP contribution is 2.18. The third kappa shape index (κ3) is 4.32. The van der Waals surface area contributed by atoms with Gasteiger partial charge in [0.2, 0.25) is 11.8 Å². The Labute approximate surface area is 144 Å². The summed E-state index contributed by atoms with van der Waals surface area (Å²) < 4.78 is 0. The van der Waals surface area contributed by atoms with Crippen LogP contribution in [0, 0.1) is 0 Å². The molecule has 0 radical (unpaired) electrons. The number of halogens is 1. The molecular formula is C16H18ClN3O4. The summed E-state index contributed by atoms with van der Waals surface area (Å²) in [5.41, 5.74) is 0.286. The molecule has 0 spiro atoms. The van der Waals surface area contributed by atoms with Gasteiger partial charge in [-0.15, -0.1) is 0 Å². The zero-order valence-electron chi connectivity index (χ0n) is 13.0. The number of benzene rings is 1. The van der Waals surface area contributed by atoms with Gasteiger partial charge < -0.3 is 20.3 Å². The van der Waals surface area contributed by atoms with Crippen molar-refractivity contribution < 1.29 is 19.2 Å². The molecule has 1 heterocycles. The molecule has 0 aromatic heterocycles. The Kier molecular flexibility index (Phi) is 6.31. The van der Waals surface area contributed by atoms with Crippen LogP contribution in [-0.2, 0) is 14.4 Å². The molecule has 1 aromatic carbocycles. The van der Waals surface area contributed by atoms with E-state index in [0.29, 0.717) is 30.7 Å². The van der Waals surface area contributed by atoms with E-state index >= 15 is 0 Å². The average Bonchev–Trinajstić information content (AvgIpc) is 3.07. The Morgan fingerprint density at radius 2 is 2.00 bits per heavy atom. The van der Waals surface area contributed by atoms with Gasteiger partial charge in [-0.3, -0.25) is 14.4 Å². The largest absolute Gasteiger partial charge is 0.348 e. The monoisotopic (exact) mass is 351 g/mol. The summed E-state index contributed by atoms with van der Waals surface area (Å²) in [7, 11) is 0. The number of nitrogens with one attached hydrogen (secondary N) is 2. The van der Waals surface area contributed by atoms with Gasteiger partial charge in [0, 0.05) is 6.54 Å². The molecule has 1 atom stereocenters. The highest BCUT2D eigenvalue weighted by molar-refractivity contribution is 6.33. The zero-order chi connectivity index (χ0) is 17.5. The van der Waals surface area contributed by atoms with E-state index < -0.39 is 11.9 Å². The first-order chi connectivity index (χ1) is 11.5. The molecule has 2 rings (SSSR count). The highest BCUT2D eigenvalue weighted by atomic mass is 35.5. The molecule has 0 bridgehead atoms. The molecule has 1 aromatic rings. The molecule has 1 fully saturated rings. The van der Waals surface area contributed by atoms with Gasteiger partial charge in [0.05, 0.1) is 23.7 Å². The Balaban J connectivity index is 1.91. The van der Waals surface area contributed by atoms with Crippen molar-refractivity contribution in [3.8, 4) is 0 Å². The lowest BCUT2D eigenvalue weighted by molar-refractivity contribution is -0.137. The maximum atomic E-state index is 12.3. The molecular weight excluding hydrogens is 334 g/mol. The first kappa shape index (κ1) is 17.9. The van der Waals surface area contributed by atoms with Crippen molar-refractivity contribution >= 4 is 35.6 Å². The summed E-state index contributed by atoms with van der Waals surface area (Å²) >= 11 is 5.94. The number of hydrogen-bond acceptors (Lipinski definition) is 4. The second-order valence-corrected chi connectivity index (χ2v) is 5.73. The average molecular weight is 352 g/mol. The molecule has 24 heavy (non-hydrogen) atoms. The van der Waals surface area contributed by atoms with Gasteiger partial charge >= 0.3 is 0 Å². The SMILES string of the molecule is O=CCNC(=O)[C@@H]1CCCN1C(=O)CNC(=O)c1ccccc1Cl. The standard InChI is InChI=1S/C16H18ClN3O4/c17-12-5-2-1-4-11(12)15(23)19-10-14(22)20-8-3-6-13(20)16(24)18-7-9-21/h1-2,4-5,9,13H,3,6-8,10H2,(H,18,24)(H,19,23)/t13-/m0/s1. The van der Waals surface area contributed by atoms with Crippen molar-refractivity contribution in [2.75, 3.05) is 19.6 Å². The van der Waals surface area contributed by atoms with E-state index in [2.05, 4.69) is 10.6 Å². The summed E-state index contributed by atoms with van der Waals surface area (Å²) in [6.07, 6.45) is 1.82. The van der Waals surface area contributed by atoms with Crippen molar-refractivity contribution in [3.05, 3.63) is 34.9 Å². The Bertz CT molecular complexity index is 650. The van der Waals surface area contributed by atoms with Gasteiger partial charge in [-0.2, -0.15) is 0 Å². The van der Waals surface area contributed by atoms with Gasteiger partial charge in [-0.1, -0.05) is 23.7 Å². The molecule has 1 aliphatic heterocycles. The predicted octanol–water partition coefficient (Wildman–Crippen LogP) is 0.376. The van der Waals surface area contributed by atoms with Crippen LogP contribution in [0.5, 0.6) is 0 Å². The molecule has 2 N–H and O–H groups in total. The number of likely N-dealkylation sites (tertiary alicyclic amines) is 1. The molecule has 8 heteroatoms. The van der Waals surface area contributed by atoms with Crippen LogP contribution in [0.3, 0.4) is 0 Å². The lowest BCUT2D eigenvalue weighted by atomic mass is 10.2. The van der Waals surface area contributed by atoms with Crippen molar-refractivity contribution in [1.82, 2.24) is 15.5 Å². The van der Waals surface area contributed by atoms with Crippen molar-refractivity contribution in [1.29, 1.82) is 0 Å². The van der Waals surface area contributed by atoms with E-state index in [1.165, 1.54) is 4.90 Å². The number of rotatable bonds is 6. The minimum absolute atomic E-state index is 0.0827. The lowest BCUT2D eigenvalue weighted by Crippen LogP contribution is -2.49. The van der Waals surface area contributed by atoms with Crippen LogP contribution in [0.15, 0.2) is 24.3 Å². The quantitative estimate of drug-likeness (QED) is 0.724. The van der Waals surface area contributed by atoms with Crippen molar-refractivity contribution in [2.45, 2.75) is 18.9 Å². The minimum Gasteiger partial charge on any atom is -0.348 e. The minimum atomic E-state index is -0.602. The molecule has 1 saturated heterocycles. The number of hydrogen-bond donors (Lipinski definition) is 2. The molecule has 1 aliphatic rings. The third-order valence-electron chi connectivity index (χ3n) is 3.75. The molecule has 0 unspecified atom stereocenters. The summed E-state index contributed by atoms with van der Waals surface area (Å²) in [6.45, 7) is 0.141. The molecule has 7 nitrogen and oxygen atoms in total. The van der Waals surface area contributed by atoms with Gasteiger partial charge in [0.25, 0.3) is 5.91 Å². The van der Waals surface area contributed by atoms with E-state index in [9.17, 15) is 19.2 Å². The second-order valence-electron chi connectivity index (χ2n) is 5.32. The number of amides is 3. The van der Waals surface area contributed by atoms with Crippen LogP contribution in [0.4, 0.5) is 0 Å². The molecule has 3 amide bonds. The topological polar surface area (TPSA) is 95.6 Å². The fourth-order valence-electron chi connectivity index (χ4n) is 2.60. The van der Waals surface area contributed by atoms with E-state index in [1.807, 2.05) is 0 Å². The summed E-state index contributed by atoms with van der Waals surface area (Å²) in [4.78, 5) is 48.0. The van der Waals surface area contributed by atoms with E-state index in [0.717, 1.165) is 0 Å². The second kappa shape index (κ2) is 8.44. The van der Waals surface area contributed by atoms with Crippen molar-refractivity contribution in [2.24, 2.45) is 0 Å². The molecule has 128 valence electrons. The first-order valence-electron chi connectivity index (χ1n) is 7.58. The maximum absolute atomic E-state index is 12.3. The molecule has 0 aliphatic carbocycles. The van der Waals surface area contributed by atoms with Crippen molar-refractivity contribution in [3.63, 3.8) is 0 Å². The van der Waals surface area contributed by atoms with E-state index in [4.69, 9.17) is 11.6 Å². The van der Waals surface area contributed by atoms with Gasteiger partial charge in [0.15, 0.2) is 0 Å². The Hall–Kier alpha value is -2.41. The van der Waals surface area contributed by atoms with E-state index in [1.54, 1.807) is 24.3 Å². The van der Waals surface area contributed by atoms with Crippen LogP contribution >= 0.6 is 11.6 Å². The first-order valence-corrected chi connectivity index (χ1v) is 7.96. The van der Waals surface area contributed by atoms with Gasteiger partial charge in [0.1, 0.15) is 12.3 Å². The van der Waals surface area contributed by atoms with Crippen LogP contribution in [-0.4, -0.2) is 54.6 Å². The summed E-state index contributed by atoms with van der Waals surface area (Å²) in [6, 6.07) is 5.93. The number of carbonyl (C=O) groups excluding carboxylic acids is 4. The zero-order valence-corrected chi connectivity index (χ0v) is 13.7. The summed E-state index contributed by atoms with van der Waals surface area (Å²) in [5, 5.41) is 5.27. The number of nitrogens with zero attached hydrogens (tertiary/aromatic N) is 1. The number of carbonyl (C=O) groups is 4. The molecule has 0 saturated carbocycles. The number of aldehydes is 1. The Morgan fingerprint density at radius 3 is 2.71 bits per heavy atom. The van der Waals surface area contributed by atoms with Crippen LogP contribution in [0.1, 0.15) is 23.2 Å². The van der Waals surface area contributed by atoms with Gasteiger partial charge in [-0.25, -0.2) is 0 Å². The third-order valence-corrected chi connectivity index (χ3v) is 4.08. The Morgan fingerprint density at radius 1 is 1.25 bits per heavy atom. The van der Waals surface area contributed by atoms with Crippen LogP contribution in [0.2, 0.25) is 5.02 Å². The van der Waals surface area contributed by atoms with Crippen LogP contribution in [0.25, 0.3) is 0 Å². The smallest absolute Gasteiger partial charge is 0.253 e. The predicted molar refractivity (Wildman–Crippen MR) is 87.6 cm³/mol. The summed E-state index contributed by atoms with van der Waals surface area (Å²) in [5.74, 6) is -1.15. The fraction of sp³-hybridized carbons (Fsp3) is 0.375. The lowest BCUT2D eigenvalue weighted by Gasteiger charge is -2.23. The van der Waals surface area contributed by atoms with Crippen LogP contribution < -0.4 is 10.6 Å². The highest BCUT2D eigenvalue weighted by Gasteiger charge is 2.33. The van der Waals surface area contributed by atoms with Gasteiger partial charge in [-0.05, 0) is 25.0 Å². The van der Waals surface area contributed by atoms with E-state index in [-0.39, 0.29) is 30.5 Å². The normalized spacial score (nSPS) is 16.5. The maximum Gasteiger partial charge on any atom is 0.253 e.